The van der Waals surface area contributed by atoms with Crippen LogP contribution in [-0.2, 0) is 25.4 Å². The average molecular weight is 441 g/mol. The van der Waals surface area contributed by atoms with E-state index in [2.05, 4.69) is 10.2 Å². The molecule has 0 radical (unpaired) electrons. The van der Waals surface area contributed by atoms with Gasteiger partial charge >= 0.3 is 5.69 Å². The van der Waals surface area contributed by atoms with Crippen molar-refractivity contribution in [2.45, 2.75) is 12.6 Å². The molecule has 8 heteroatoms. The number of benzene rings is 2. The predicted molar refractivity (Wildman–Crippen MR) is 124 cm³/mol. The van der Waals surface area contributed by atoms with Gasteiger partial charge in [-0.1, -0.05) is 18.2 Å². The number of hydrogen-bond donors (Lipinski definition) is 2. The normalized spacial score (nSPS) is 15.8. The second-order valence-corrected chi connectivity index (χ2v) is 8.25. The van der Waals surface area contributed by atoms with E-state index < -0.39 is 6.10 Å². The van der Waals surface area contributed by atoms with Gasteiger partial charge in [0.05, 0.1) is 24.2 Å². The van der Waals surface area contributed by atoms with Crippen LogP contribution >= 0.6 is 0 Å². The Balaban J connectivity index is 1.25. The molecule has 0 spiro atoms. The van der Waals surface area contributed by atoms with E-state index in [9.17, 15) is 9.90 Å². The molecule has 1 aliphatic heterocycles. The van der Waals surface area contributed by atoms with Gasteiger partial charge in [-0.25, -0.2) is 4.79 Å². The summed E-state index contributed by atoms with van der Waals surface area (Å²) in [4.78, 5) is 14.5. The number of ether oxygens (including phenoxy) is 2. The molecule has 0 unspecified atom stereocenters. The zero-order valence-electron chi connectivity index (χ0n) is 18.8. The lowest BCUT2D eigenvalue weighted by Crippen LogP contribution is -2.40. The summed E-state index contributed by atoms with van der Waals surface area (Å²) >= 11 is 0. The van der Waals surface area contributed by atoms with Gasteiger partial charge in [-0.3, -0.25) is 14.0 Å². The van der Waals surface area contributed by atoms with Gasteiger partial charge in [-0.15, -0.1) is 0 Å². The molecule has 8 nitrogen and oxygen atoms in total. The maximum absolute atomic E-state index is 12.1. The smallest absolute Gasteiger partial charge is 0.328 e. The Morgan fingerprint density at radius 3 is 2.53 bits per heavy atom. The molecule has 0 aliphatic carbocycles. The summed E-state index contributed by atoms with van der Waals surface area (Å²) < 4.78 is 14.3. The molecule has 2 aromatic carbocycles. The van der Waals surface area contributed by atoms with Crippen LogP contribution in [0.4, 0.5) is 0 Å². The van der Waals surface area contributed by atoms with Gasteiger partial charge < -0.3 is 19.9 Å². The third kappa shape index (κ3) is 5.21. The summed E-state index contributed by atoms with van der Waals surface area (Å²) in [6.45, 7) is 6.61. The van der Waals surface area contributed by atoms with Gasteiger partial charge in [0.25, 0.3) is 0 Å². The molecule has 0 amide bonds. The van der Waals surface area contributed by atoms with E-state index in [-0.39, 0.29) is 12.3 Å². The SMILES string of the molecule is Cn1c(=O)n(C)c2cc([C@@H](O)COc3ccc(CNCCN4CCOCC4)cc3)ccc21. The summed E-state index contributed by atoms with van der Waals surface area (Å²) in [6, 6.07) is 13.5. The fourth-order valence-corrected chi connectivity index (χ4v) is 4.00. The molecule has 0 saturated carbocycles. The van der Waals surface area contributed by atoms with Crippen LogP contribution in [0.2, 0.25) is 0 Å². The Labute approximate surface area is 188 Å². The molecule has 0 bridgehead atoms. The Morgan fingerprint density at radius 1 is 1.06 bits per heavy atom. The van der Waals surface area contributed by atoms with E-state index in [4.69, 9.17) is 9.47 Å². The number of fused-ring (bicyclic) bond motifs is 1. The van der Waals surface area contributed by atoms with Gasteiger partial charge in [-0.05, 0) is 35.4 Å². The van der Waals surface area contributed by atoms with Crippen molar-refractivity contribution >= 4 is 11.0 Å². The zero-order chi connectivity index (χ0) is 22.5. The lowest BCUT2D eigenvalue weighted by atomic mass is 10.1. The molecule has 32 heavy (non-hydrogen) atoms. The van der Waals surface area contributed by atoms with Crippen molar-refractivity contribution in [2.24, 2.45) is 14.1 Å². The van der Waals surface area contributed by atoms with Gasteiger partial charge in [0.2, 0.25) is 0 Å². The van der Waals surface area contributed by atoms with Crippen molar-refractivity contribution in [3.05, 3.63) is 64.1 Å². The van der Waals surface area contributed by atoms with E-state index in [1.54, 1.807) is 23.2 Å². The Bertz CT molecular complexity index is 1080. The summed E-state index contributed by atoms with van der Waals surface area (Å²) in [5, 5.41) is 14.0. The number of nitrogens with one attached hydrogen (secondary N) is 1. The largest absolute Gasteiger partial charge is 0.491 e. The predicted octanol–water partition coefficient (Wildman–Crippen LogP) is 1.41. The topological polar surface area (TPSA) is 80.9 Å². The van der Waals surface area contributed by atoms with E-state index in [1.807, 2.05) is 42.5 Å². The first kappa shape index (κ1) is 22.5. The monoisotopic (exact) mass is 440 g/mol. The van der Waals surface area contributed by atoms with Crippen LogP contribution in [0.3, 0.4) is 0 Å². The zero-order valence-corrected chi connectivity index (χ0v) is 18.8. The van der Waals surface area contributed by atoms with Gasteiger partial charge in [0.1, 0.15) is 18.5 Å². The van der Waals surface area contributed by atoms with Crippen LogP contribution in [0, 0.1) is 0 Å². The van der Waals surface area contributed by atoms with Crippen molar-refractivity contribution in [1.82, 2.24) is 19.4 Å². The van der Waals surface area contributed by atoms with Crippen LogP contribution in [0.1, 0.15) is 17.2 Å². The molecule has 1 aliphatic rings. The first-order valence-electron chi connectivity index (χ1n) is 11.1. The highest BCUT2D eigenvalue weighted by Gasteiger charge is 2.13. The third-order valence-corrected chi connectivity index (χ3v) is 6.05. The number of aryl methyl sites for hydroxylation is 2. The molecule has 2 heterocycles. The average Bonchev–Trinajstić information content (AvgIpc) is 3.05. The molecule has 4 rings (SSSR count). The number of imidazole rings is 1. The second-order valence-electron chi connectivity index (χ2n) is 8.25. The lowest BCUT2D eigenvalue weighted by molar-refractivity contribution is 0.0384. The van der Waals surface area contributed by atoms with Gasteiger partial charge in [0.15, 0.2) is 0 Å². The highest BCUT2D eigenvalue weighted by Crippen LogP contribution is 2.21. The molecule has 1 saturated heterocycles. The molecule has 3 aromatic rings. The fraction of sp³-hybridized carbons (Fsp3) is 0.458. The van der Waals surface area contributed by atoms with Crippen molar-refractivity contribution in [1.29, 1.82) is 0 Å². The van der Waals surface area contributed by atoms with Crippen LogP contribution in [0.5, 0.6) is 5.75 Å². The van der Waals surface area contributed by atoms with Crippen molar-refractivity contribution in [3.8, 4) is 5.75 Å². The standard InChI is InChI=1S/C24H32N4O4/c1-26-21-8-5-19(15-22(21)27(2)24(26)30)23(29)17-32-20-6-3-18(4-7-20)16-25-9-10-28-11-13-31-14-12-28/h3-8,15,23,25,29H,9-14,16-17H2,1-2H3/t23-/m0/s1. The maximum atomic E-state index is 12.1. The lowest BCUT2D eigenvalue weighted by Gasteiger charge is -2.26. The Morgan fingerprint density at radius 2 is 1.78 bits per heavy atom. The number of aliphatic hydroxyl groups is 1. The molecule has 1 aromatic heterocycles. The molecule has 172 valence electrons. The highest BCUT2D eigenvalue weighted by molar-refractivity contribution is 5.76. The summed E-state index contributed by atoms with van der Waals surface area (Å²) in [5.74, 6) is 0.717. The van der Waals surface area contributed by atoms with E-state index in [0.29, 0.717) is 5.75 Å². The van der Waals surface area contributed by atoms with Crippen LogP contribution in [0.25, 0.3) is 11.0 Å². The molecule has 1 fully saturated rings. The van der Waals surface area contributed by atoms with E-state index in [0.717, 1.165) is 62.5 Å². The molecular formula is C24H32N4O4. The Hall–Kier alpha value is -2.65. The summed E-state index contributed by atoms with van der Waals surface area (Å²) in [6.07, 6.45) is -0.781. The number of aliphatic hydroxyl groups excluding tert-OH is 1. The van der Waals surface area contributed by atoms with Crippen LogP contribution in [0.15, 0.2) is 47.3 Å². The minimum absolute atomic E-state index is 0.0847. The first-order valence-corrected chi connectivity index (χ1v) is 11.1. The Kier molecular flexibility index (Phi) is 7.26. The minimum Gasteiger partial charge on any atom is -0.491 e. The van der Waals surface area contributed by atoms with Gasteiger partial charge in [-0.2, -0.15) is 0 Å². The molecule has 1 atom stereocenters. The summed E-state index contributed by atoms with van der Waals surface area (Å²) in [7, 11) is 3.48. The molecule has 2 N–H and O–H groups in total. The number of nitrogens with zero attached hydrogens (tertiary/aromatic N) is 3. The maximum Gasteiger partial charge on any atom is 0.328 e. The highest BCUT2D eigenvalue weighted by atomic mass is 16.5. The number of hydrogen-bond acceptors (Lipinski definition) is 6. The molecular weight excluding hydrogens is 408 g/mol. The number of morpholine rings is 1. The second kappa shape index (κ2) is 10.3. The van der Waals surface area contributed by atoms with Gasteiger partial charge in [0, 0.05) is 46.8 Å². The quantitative estimate of drug-likeness (QED) is 0.490. The van der Waals surface area contributed by atoms with Crippen molar-refractivity contribution in [3.63, 3.8) is 0 Å². The first-order chi connectivity index (χ1) is 15.5. The van der Waals surface area contributed by atoms with Crippen molar-refractivity contribution in [2.75, 3.05) is 46.0 Å². The van der Waals surface area contributed by atoms with Crippen LogP contribution < -0.4 is 15.7 Å². The third-order valence-electron chi connectivity index (χ3n) is 6.05. The van der Waals surface area contributed by atoms with E-state index >= 15 is 0 Å². The van der Waals surface area contributed by atoms with Crippen molar-refractivity contribution < 1.29 is 14.6 Å². The van der Waals surface area contributed by atoms with E-state index in [1.165, 1.54) is 5.56 Å². The minimum atomic E-state index is -0.781. The number of aromatic nitrogens is 2. The fourth-order valence-electron chi connectivity index (χ4n) is 4.00. The summed E-state index contributed by atoms with van der Waals surface area (Å²) in [5.41, 5.74) is 3.46. The van der Waals surface area contributed by atoms with Crippen LogP contribution in [-0.4, -0.2) is 65.1 Å². The number of rotatable bonds is 9.